The molecule has 0 bridgehead atoms. The van der Waals surface area contributed by atoms with Crippen LogP contribution in [0.25, 0.3) is 10.9 Å². The monoisotopic (exact) mass is 498 g/mol. The first-order chi connectivity index (χ1) is 16.9. The van der Waals surface area contributed by atoms with Crippen molar-refractivity contribution in [2.75, 3.05) is 18.1 Å². The summed E-state index contributed by atoms with van der Waals surface area (Å²) in [6.07, 6.45) is 10.2. The van der Waals surface area contributed by atoms with Crippen LogP contribution in [0.1, 0.15) is 79.4 Å². The van der Waals surface area contributed by atoms with E-state index in [1.807, 2.05) is 24.3 Å². The summed E-state index contributed by atoms with van der Waals surface area (Å²) in [6.45, 7) is -0.364. The summed E-state index contributed by atoms with van der Waals surface area (Å²) < 4.78 is 30.0. The maximum Gasteiger partial charge on any atom is 0.339 e. The number of aromatic nitrogens is 1. The molecule has 2 aromatic rings. The summed E-state index contributed by atoms with van der Waals surface area (Å²) in [5.41, 5.74) is 3.21. The van der Waals surface area contributed by atoms with Gasteiger partial charge in [0.15, 0.2) is 16.4 Å². The number of benzene rings is 1. The first kappa shape index (κ1) is 24.2. The summed E-state index contributed by atoms with van der Waals surface area (Å²) in [6, 6.07) is 7.30. The van der Waals surface area contributed by atoms with E-state index in [0.717, 1.165) is 86.4 Å². The zero-order chi connectivity index (χ0) is 24.4. The first-order valence-electron chi connectivity index (χ1n) is 13.0. The number of ether oxygens (including phenoxy) is 1. The lowest BCUT2D eigenvalue weighted by atomic mass is 9.93. The van der Waals surface area contributed by atoms with E-state index in [1.54, 1.807) is 4.90 Å². The Balaban J connectivity index is 1.39. The van der Waals surface area contributed by atoms with Crippen LogP contribution in [0, 0.1) is 0 Å². The van der Waals surface area contributed by atoms with Crippen molar-refractivity contribution in [3.8, 4) is 0 Å². The summed E-state index contributed by atoms with van der Waals surface area (Å²) in [4.78, 5) is 33.5. The number of para-hydroxylation sites is 1. The van der Waals surface area contributed by atoms with E-state index in [-0.39, 0.29) is 36.1 Å². The van der Waals surface area contributed by atoms with Crippen molar-refractivity contribution in [3.63, 3.8) is 0 Å². The number of carbonyl (C=O) groups is 2. The fourth-order valence-electron chi connectivity index (χ4n) is 6.12. The predicted octanol–water partition coefficient (Wildman–Crippen LogP) is 4.01. The third kappa shape index (κ3) is 5.22. The Hall–Kier alpha value is -2.48. The minimum absolute atomic E-state index is 0.00564. The van der Waals surface area contributed by atoms with Crippen LogP contribution in [-0.2, 0) is 32.2 Å². The third-order valence-corrected chi connectivity index (χ3v) is 9.56. The summed E-state index contributed by atoms with van der Waals surface area (Å²) in [5.74, 6) is -0.649. The lowest BCUT2D eigenvalue weighted by Gasteiger charge is -2.38. The molecule has 7 nitrogen and oxygen atoms in total. The normalized spacial score (nSPS) is 22.3. The van der Waals surface area contributed by atoms with E-state index in [2.05, 4.69) is 0 Å². The van der Waals surface area contributed by atoms with Gasteiger partial charge >= 0.3 is 5.97 Å². The van der Waals surface area contributed by atoms with Gasteiger partial charge in [-0.25, -0.2) is 13.2 Å². The molecular weight excluding hydrogens is 464 g/mol. The van der Waals surface area contributed by atoms with E-state index in [9.17, 15) is 18.0 Å². The van der Waals surface area contributed by atoms with Gasteiger partial charge in [-0.05, 0) is 56.6 Å². The molecule has 2 fully saturated rings. The zero-order valence-corrected chi connectivity index (χ0v) is 21.0. The molecule has 0 spiro atoms. The highest BCUT2D eigenvalue weighted by atomic mass is 32.2. The molecule has 1 amide bonds. The Kier molecular flexibility index (Phi) is 7.09. The minimum Gasteiger partial charge on any atom is -0.452 e. The Morgan fingerprint density at radius 1 is 0.943 bits per heavy atom. The largest absolute Gasteiger partial charge is 0.452 e. The summed E-state index contributed by atoms with van der Waals surface area (Å²) >= 11 is 0. The topological polar surface area (TPSA) is 93.6 Å². The van der Waals surface area contributed by atoms with Gasteiger partial charge in [0.1, 0.15) is 0 Å². The van der Waals surface area contributed by atoms with Crippen LogP contribution in [0.2, 0.25) is 0 Å². The molecule has 2 aliphatic carbocycles. The van der Waals surface area contributed by atoms with E-state index >= 15 is 0 Å². The van der Waals surface area contributed by atoms with Gasteiger partial charge in [-0.2, -0.15) is 0 Å². The van der Waals surface area contributed by atoms with Gasteiger partial charge in [0.2, 0.25) is 0 Å². The minimum atomic E-state index is -3.13. The average Bonchev–Trinajstić information content (AvgIpc) is 3.05. The number of carbonyl (C=O) groups excluding carboxylic acids is 2. The van der Waals surface area contributed by atoms with Gasteiger partial charge in [-0.3, -0.25) is 9.78 Å². The molecule has 1 saturated carbocycles. The molecule has 35 heavy (non-hydrogen) atoms. The number of esters is 1. The Morgan fingerprint density at radius 3 is 2.46 bits per heavy atom. The van der Waals surface area contributed by atoms with E-state index < -0.39 is 15.8 Å². The molecule has 1 atom stereocenters. The maximum atomic E-state index is 13.5. The van der Waals surface area contributed by atoms with Crippen molar-refractivity contribution in [1.29, 1.82) is 0 Å². The maximum absolute atomic E-state index is 13.5. The number of hydrogen-bond donors (Lipinski definition) is 0. The number of aryl methyl sites for hydroxylation is 1. The van der Waals surface area contributed by atoms with Crippen LogP contribution >= 0.6 is 0 Å². The molecule has 1 aliphatic heterocycles. The number of sulfone groups is 1. The summed E-state index contributed by atoms with van der Waals surface area (Å²) in [5, 5.41) is 0.761. The molecule has 0 N–H and O–H groups in total. The lowest BCUT2D eigenvalue weighted by molar-refractivity contribution is -0.140. The second-order valence-electron chi connectivity index (χ2n) is 10.2. The van der Waals surface area contributed by atoms with Crippen molar-refractivity contribution >= 4 is 32.6 Å². The highest BCUT2D eigenvalue weighted by Gasteiger charge is 2.39. The van der Waals surface area contributed by atoms with Crippen LogP contribution in [0.4, 0.5) is 0 Å². The number of nitrogens with zero attached hydrogens (tertiary/aromatic N) is 2. The summed E-state index contributed by atoms with van der Waals surface area (Å²) in [7, 11) is -3.13. The van der Waals surface area contributed by atoms with Crippen LogP contribution in [0.5, 0.6) is 0 Å². The van der Waals surface area contributed by atoms with Crippen molar-refractivity contribution in [3.05, 3.63) is 41.1 Å². The molecule has 5 rings (SSSR count). The Morgan fingerprint density at radius 2 is 1.69 bits per heavy atom. The Labute approximate surface area is 207 Å². The first-order valence-corrected chi connectivity index (χ1v) is 14.8. The van der Waals surface area contributed by atoms with Crippen LogP contribution < -0.4 is 0 Å². The lowest BCUT2D eigenvalue weighted by Crippen LogP contribution is -2.50. The molecule has 1 unspecified atom stereocenters. The van der Waals surface area contributed by atoms with Crippen molar-refractivity contribution in [2.45, 2.75) is 82.7 Å². The fraction of sp³-hybridized carbons (Fsp3) is 0.593. The van der Waals surface area contributed by atoms with Gasteiger partial charge in [-0.1, -0.05) is 43.9 Å². The molecule has 3 aliphatic rings. The van der Waals surface area contributed by atoms with Crippen LogP contribution in [-0.4, -0.2) is 60.4 Å². The molecular formula is C27H34N2O5S. The second kappa shape index (κ2) is 10.2. The molecule has 1 aromatic heterocycles. The van der Waals surface area contributed by atoms with Gasteiger partial charge in [-0.15, -0.1) is 0 Å². The van der Waals surface area contributed by atoms with Crippen molar-refractivity contribution in [2.24, 2.45) is 0 Å². The van der Waals surface area contributed by atoms with Gasteiger partial charge in [0.25, 0.3) is 5.91 Å². The van der Waals surface area contributed by atoms with Crippen LogP contribution in [0.15, 0.2) is 24.3 Å². The van der Waals surface area contributed by atoms with Crippen LogP contribution in [0.3, 0.4) is 0 Å². The highest BCUT2D eigenvalue weighted by Crippen LogP contribution is 2.31. The molecule has 1 aromatic carbocycles. The Bertz CT molecular complexity index is 1220. The zero-order valence-electron chi connectivity index (χ0n) is 20.2. The number of rotatable bonds is 5. The number of fused-ring (bicyclic) bond motifs is 2. The van der Waals surface area contributed by atoms with E-state index in [1.165, 1.54) is 0 Å². The number of hydrogen-bond acceptors (Lipinski definition) is 6. The molecule has 188 valence electrons. The van der Waals surface area contributed by atoms with Crippen molar-refractivity contribution in [1.82, 2.24) is 9.88 Å². The SMILES string of the molecule is O=C(OCC(=O)N(C1CCCCC1)C1CCS(=O)(=O)C1)c1c2c(nc3ccccc13)CCCCC2. The highest BCUT2D eigenvalue weighted by molar-refractivity contribution is 7.91. The molecule has 8 heteroatoms. The quantitative estimate of drug-likeness (QED) is 0.457. The average molecular weight is 499 g/mol. The second-order valence-corrected chi connectivity index (χ2v) is 12.4. The smallest absolute Gasteiger partial charge is 0.339 e. The van der Waals surface area contributed by atoms with Crippen molar-refractivity contribution < 1.29 is 22.7 Å². The number of pyridine rings is 1. The number of amides is 1. The van der Waals surface area contributed by atoms with Gasteiger partial charge in [0, 0.05) is 23.2 Å². The molecule has 1 saturated heterocycles. The van der Waals surface area contributed by atoms with Gasteiger partial charge in [0.05, 0.1) is 22.6 Å². The third-order valence-electron chi connectivity index (χ3n) is 7.81. The van der Waals surface area contributed by atoms with E-state index in [4.69, 9.17) is 9.72 Å². The fourth-order valence-corrected chi connectivity index (χ4v) is 7.83. The van der Waals surface area contributed by atoms with E-state index in [0.29, 0.717) is 12.0 Å². The van der Waals surface area contributed by atoms with Gasteiger partial charge < -0.3 is 9.64 Å². The standard InChI is InChI=1S/C27H34N2O5S/c30-25(29(19-9-3-1-4-10-19)20-15-16-35(32,33)18-20)17-34-27(31)26-21-11-5-2-6-13-23(21)28-24-14-8-7-12-22(24)26/h7-8,12,14,19-20H,1-6,9-11,13,15-18H2. The molecule has 0 radical (unpaired) electrons. The molecule has 2 heterocycles. The predicted molar refractivity (Wildman–Crippen MR) is 134 cm³/mol.